The van der Waals surface area contributed by atoms with Gasteiger partial charge in [-0.1, -0.05) is 11.4 Å². The normalized spacial score (nSPS) is 14.5. The molecule has 1 heterocycles. The molecule has 0 fully saturated rings. The van der Waals surface area contributed by atoms with Crippen molar-refractivity contribution in [2.45, 2.75) is 16.9 Å². The van der Waals surface area contributed by atoms with E-state index in [9.17, 15) is 0 Å². The molecule has 1 aromatic carbocycles. The summed E-state index contributed by atoms with van der Waals surface area (Å²) >= 11 is 0. The van der Waals surface area contributed by atoms with Crippen molar-refractivity contribution >= 4 is 39.2 Å². The van der Waals surface area contributed by atoms with Gasteiger partial charge in [0.1, 0.15) is 0 Å². The standard InChI is InChI=1S/C11H10B5NO2/c12-10(13,14)11(15,16)17-4-3-7-1-2-8-9(5-7)19-6-18-8/h1-2,5,17H,3-4,6H2. The predicted octanol–water partition coefficient (Wildman–Crippen LogP) is -0.883. The maximum absolute atomic E-state index is 5.70. The van der Waals surface area contributed by atoms with E-state index in [4.69, 9.17) is 48.7 Å². The summed E-state index contributed by atoms with van der Waals surface area (Å²) < 4.78 is 10.5. The molecule has 1 N–H and O–H groups in total. The number of ether oxygens (including phenoxy) is 2. The van der Waals surface area contributed by atoms with Crippen molar-refractivity contribution in [3.05, 3.63) is 23.8 Å². The van der Waals surface area contributed by atoms with Crippen molar-refractivity contribution in [1.29, 1.82) is 0 Å². The second kappa shape index (κ2) is 5.24. The fourth-order valence-corrected chi connectivity index (χ4v) is 1.66. The Labute approximate surface area is 120 Å². The van der Waals surface area contributed by atoms with Crippen LogP contribution < -0.4 is 14.8 Å². The fraction of sp³-hybridized carbons (Fsp3) is 0.455. The number of hydrogen-bond acceptors (Lipinski definition) is 3. The summed E-state index contributed by atoms with van der Waals surface area (Å²) in [7, 11) is 27.8. The summed E-state index contributed by atoms with van der Waals surface area (Å²) in [4.78, 5) is 0. The molecule has 0 atom stereocenters. The van der Waals surface area contributed by atoms with Gasteiger partial charge in [-0.05, 0) is 30.7 Å². The Morgan fingerprint density at radius 1 is 1.05 bits per heavy atom. The van der Waals surface area contributed by atoms with E-state index in [2.05, 4.69) is 5.32 Å². The minimum Gasteiger partial charge on any atom is -0.454 e. The molecule has 0 spiro atoms. The molecule has 3 nitrogen and oxygen atoms in total. The zero-order valence-electron chi connectivity index (χ0n) is 10.6. The molecule has 0 amide bonds. The van der Waals surface area contributed by atoms with Gasteiger partial charge in [-0.2, -0.15) is 0 Å². The molecule has 0 saturated heterocycles. The van der Waals surface area contributed by atoms with E-state index in [1.54, 1.807) is 0 Å². The molecule has 19 heavy (non-hydrogen) atoms. The fourth-order valence-electron chi connectivity index (χ4n) is 1.66. The van der Waals surface area contributed by atoms with Gasteiger partial charge in [-0.25, -0.2) is 0 Å². The number of benzene rings is 1. The molecule has 1 aliphatic heterocycles. The smallest absolute Gasteiger partial charge is 0.231 e. The molecule has 0 aromatic heterocycles. The minimum absolute atomic E-state index is 0.252. The van der Waals surface area contributed by atoms with Crippen molar-refractivity contribution in [1.82, 2.24) is 5.32 Å². The van der Waals surface area contributed by atoms with Crippen LogP contribution in [-0.2, 0) is 6.42 Å². The highest BCUT2D eigenvalue weighted by atomic mass is 16.7. The van der Waals surface area contributed by atoms with Gasteiger partial charge in [0, 0.05) is 0 Å². The van der Waals surface area contributed by atoms with Crippen LogP contribution in [0.2, 0.25) is 5.11 Å². The van der Waals surface area contributed by atoms with Crippen LogP contribution in [0.4, 0.5) is 0 Å². The van der Waals surface area contributed by atoms with Crippen LogP contribution in [0.3, 0.4) is 0 Å². The predicted molar refractivity (Wildman–Crippen MR) is 78.5 cm³/mol. The van der Waals surface area contributed by atoms with Gasteiger partial charge in [0.25, 0.3) is 0 Å². The first kappa shape index (κ1) is 14.5. The first-order valence-corrected chi connectivity index (χ1v) is 5.87. The average Bonchev–Trinajstić information content (AvgIpc) is 2.74. The summed E-state index contributed by atoms with van der Waals surface area (Å²) in [6, 6.07) is 5.69. The highest BCUT2D eigenvalue weighted by Crippen LogP contribution is 2.32. The summed E-state index contributed by atoms with van der Waals surface area (Å²) in [5, 5.41) is -0.435. The van der Waals surface area contributed by atoms with Gasteiger partial charge in [0.15, 0.2) is 11.5 Å². The Morgan fingerprint density at radius 3 is 2.42 bits per heavy atom. The third kappa shape index (κ3) is 3.36. The Kier molecular flexibility index (Phi) is 4.00. The van der Waals surface area contributed by atoms with E-state index in [0.29, 0.717) is 13.0 Å². The van der Waals surface area contributed by atoms with Crippen LogP contribution in [0.1, 0.15) is 5.56 Å². The maximum atomic E-state index is 5.70. The summed E-state index contributed by atoms with van der Waals surface area (Å²) in [5.74, 6) is 1.48. The zero-order chi connectivity index (χ0) is 14.1. The molecule has 8 heteroatoms. The number of fused-ring (bicyclic) bond motifs is 1. The number of hydrogen-bond donors (Lipinski definition) is 1. The molecule has 0 saturated carbocycles. The Balaban J connectivity index is 1.90. The first-order chi connectivity index (χ1) is 8.79. The highest BCUT2D eigenvalue weighted by Gasteiger charge is 2.29. The van der Waals surface area contributed by atoms with Crippen LogP contribution in [0.25, 0.3) is 0 Å². The topological polar surface area (TPSA) is 30.5 Å². The monoisotopic (exact) mass is 243 g/mol. The first-order valence-electron chi connectivity index (χ1n) is 5.87. The Morgan fingerprint density at radius 2 is 1.74 bits per heavy atom. The van der Waals surface area contributed by atoms with Gasteiger partial charge < -0.3 is 14.8 Å². The lowest BCUT2D eigenvalue weighted by molar-refractivity contribution is 0.174. The van der Waals surface area contributed by atoms with Crippen LogP contribution in [0.5, 0.6) is 11.5 Å². The SMILES string of the molecule is [B]C([B])([B])C([B])([B])NCCc1ccc2c(c1)OCO2. The molecule has 0 unspecified atom stereocenters. The third-order valence-electron chi connectivity index (χ3n) is 2.98. The van der Waals surface area contributed by atoms with Gasteiger partial charge in [0.2, 0.25) is 6.79 Å². The quantitative estimate of drug-likeness (QED) is 0.680. The largest absolute Gasteiger partial charge is 0.454 e. The van der Waals surface area contributed by atoms with E-state index in [-0.39, 0.29) is 6.79 Å². The van der Waals surface area contributed by atoms with Crippen molar-refractivity contribution < 1.29 is 9.47 Å². The maximum Gasteiger partial charge on any atom is 0.231 e. The van der Waals surface area contributed by atoms with Crippen LogP contribution in [-0.4, -0.2) is 57.9 Å². The highest BCUT2D eigenvalue weighted by molar-refractivity contribution is 6.67. The molecule has 1 aromatic rings. The molecular formula is C11H10B5NO2. The molecule has 1 aliphatic rings. The molecular weight excluding hydrogens is 232 g/mol. The van der Waals surface area contributed by atoms with E-state index < -0.39 is 10.5 Å². The van der Waals surface area contributed by atoms with E-state index in [1.165, 1.54) is 0 Å². The summed E-state index contributed by atoms with van der Waals surface area (Å²) in [5.41, 5.74) is 1.05. The van der Waals surface area contributed by atoms with Crippen molar-refractivity contribution in [2.24, 2.45) is 0 Å². The lowest BCUT2D eigenvalue weighted by Crippen LogP contribution is -2.57. The van der Waals surface area contributed by atoms with Crippen molar-refractivity contribution in [2.75, 3.05) is 13.3 Å². The molecule has 0 bridgehead atoms. The Bertz CT molecular complexity index is 461. The molecule has 0 aliphatic carbocycles. The zero-order valence-corrected chi connectivity index (χ0v) is 10.6. The van der Waals surface area contributed by atoms with Gasteiger partial charge in [-0.15, -0.1) is 5.11 Å². The van der Waals surface area contributed by atoms with Gasteiger partial charge in [0.05, 0.1) is 39.2 Å². The van der Waals surface area contributed by atoms with E-state index >= 15 is 0 Å². The third-order valence-corrected chi connectivity index (χ3v) is 2.98. The summed E-state index contributed by atoms with van der Waals surface area (Å²) in [6.45, 7) is 0.724. The van der Waals surface area contributed by atoms with Gasteiger partial charge >= 0.3 is 0 Å². The molecule has 10 radical (unpaired) electrons. The molecule has 86 valence electrons. The minimum atomic E-state index is -1.71. The van der Waals surface area contributed by atoms with Crippen LogP contribution in [0.15, 0.2) is 18.2 Å². The van der Waals surface area contributed by atoms with Gasteiger partial charge in [-0.3, -0.25) is 0 Å². The average molecular weight is 242 g/mol. The lowest BCUT2D eigenvalue weighted by Gasteiger charge is -2.43. The van der Waals surface area contributed by atoms with Crippen molar-refractivity contribution in [3.63, 3.8) is 0 Å². The summed E-state index contributed by atoms with van der Waals surface area (Å²) in [6.07, 6.45) is 0.670. The number of nitrogens with one attached hydrogen (secondary N) is 1. The second-order valence-electron chi connectivity index (χ2n) is 4.67. The van der Waals surface area contributed by atoms with Crippen molar-refractivity contribution in [3.8, 4) is 11.5 Å². The molecule has 2 rings (SSSR count). The van der Waals surface area contributed by atoms with Crippen LogP contribution in [0, 0.1) is 0 Å². The van der Waals surface area contributed by atoms with E-state index in [0.717, 1.165) is 17.1 Å². The van der Waals surface area contributed by atoms with E-state index in [1.807, 2.05) is 18.2 Å². The van der Waals surface area contributed by atoms with Crippen LogP contribution >= 0.6 is 0 Å². The Hall–Kier alpha value is -0.895. The lowest BCUT2D eigenvalue weighted by atomic mass is 9.26. The number of rotatable bonds is 5. The second-order valence-corrected chi connectivity index (χ2v) is 4.67.